The lowest BCUT2D eigenvalue weighted by Crippen LogP contribution is -2.66. The highest BCUT2D eigenvalue weighted by Crippen LogP contribution is 2.33. The largest absolute Gasteiger partial charge is 0.394 e. The van der Waals surface area contributed by atoms with Crippen molar-refractivity contribution < 1.29 is 89.4 Å². The molecular weight excluding hydrogens is 1150 g/mol. The van der Waals surface area contributed by atoms with Crippen LogP contribution in [0.25, 0.3) is 0 Å². The maximum Gasteiger partial charge on any atom is 0.220 e. The van der Waals surface area contributed by atoms with Gasteiger partial charge in [0.25, 0.3) is 0 Å². The minimum Gasteiger partial charge on any atom is -0.394 e. The Hall–Kier alpha value is -1.99. The summed E-state index contributed by atoms with van der Waals surface area (Å²) in [6.45, 7) is 1.80. The van der Waals surface area contributed by atoms with E-state index in [1.807, 2.05) is 0 Å². The minimum atomic E-state index is -1.97. The molecule has 0 aromatic rings. The van der Waals surface area contributed by atoms with E-state index in [4.69, 9.17) is 28.4 Å². The Morgan fingerprint density at radius 3 is 1.14 bits per heavy atom. The molecule has 90 heavy (non-hydrogen) atoms. The van der Waals surface area contributed by atoms with Crippen LogP contribution in [0.15, 0.2) is 36.5 Å². The Bertz CT molecular complexity index is 1780. The van der Waals surface area contributed by atoms with Crippen LogP contribution in [0.1, 0.15) is 277 Å². The number of rotatable bonds is 56. The van der Waals surface area contributed by atoms with Crippen molar-refractivity contribution in [3.05, 3.63) is 36.5 Å². The number of unbranched alkanes of at least 4 members (excludes halogenated alkanes) is 34. The molecule has 0 spiro atoms. The van der Waals surface area contributed by atoms with Gasteiger partial charge in [-0.3, -0.25) is 4.79 Å². The van der Waals surface area contributed by atoms with Crippen LogP contribution in [-0.4, -0.2) is 193 Å². The number of amides is 1. The molecule has 0 saturated carbocycles. The van der Waals surface area contributed by atoms with E-state index < -0.39 is 124 Å². The van der Waals surface area contributed by atoms with Crippen molar-refractivity contribution >= 4 is 5.91 Å². The fourth-order valence-electron chi connectivity index (χ4n) is 12.3. The second-order valence-electron chi connectivity index (χ2n) is 26.1. The lowest BCUT2D eigenvalue weighted by molar-refractivity contribution is -0.379. The second-order valence-corrected chi connectivity index (χ2v) is 26.1. The van der Waals surface area contributed by atoms with Crippen LogP contribution >= 0.6 is 0 Å². The molecule has 17 atom stereocenters. The zero-order valence-corrected chi connectivity index (χ0v) is 55.9. The Kier molecular flexibility index (Phi) is 48.6. The number of aliphatic hydroxyl groups excluding tert-OH is 11. The van der Waals surface area contributed by atoms with Crippen LogP contribution in [0.4, 0.5) is 0 Å². The summed E-state index contributed by atoms with van der Waals surface area (Å²) in [5, 5.41) is 121. The zero-order chi connectivity index (χ0) is 65.4. The third-order valence-corrected chi connectivity index (χ3v) is 18.2. The van der Waals surface area contributed by atoms with E-state index in [0.29, 0.717) is 12.8 Å². The molecule has 1 amide bonds. The van der Waals surface area contributed by atoms with Crippen LogP contribution in [0.5, 0.6) is 0 Å². The molecule has 0 aromatic heterocycles. The molecule has 0 radical (unpaired) electrons. The summed E-state index contributed by atoms with van der Waals surface area (Å²) in [5.41, 5.74) is 0. The fraction of sp³-hybridized carbons (Fsp3) is 0.901. The standard InChI is InChI=1S/C71H131NO18/c1-3-5-7-9-11-13-15-17-19-20-21-22-23-24-25-26-27-28-29-30-31-32-33-34-35-37-39-41-43-45-47-49-59(77)72-54(55(76)48-46-44-42-40-38-36-18-16-14-12-10-8-6-4-2)53-85-69-65(83)62(80)67(57(51-74)87-69)90-71-66(84)63(81)68(58(52-75)88-71)89-70-64(82)61(79)60(78)56(50-73)86-70/h15,17,20-21,23-24,54-58,60-71,73-76,78-84H,3-14,16,18-19,22,25-53H2,1-2H3,(H,72,77)/b17-15-,21-20-,24-23-. The average molecular weight is 1290 g/mol. The molecule has 12 N–H and O–H groups in total. The maximum absolute atomic E-state index is 13.4. The molecule has 3 saturated heterocycles. The number of carbonyl (C=O) groups excluding carboxylic acids is 1. The first-order valence-corrected chi connectivity index (χ1v) is 36.2. The van der Waals surface area contributed by atoms with Gasteiger partial charge < -0.3 is 89.9 Å². The van der Waals surface area contributed by atoms with Gasteiger partial charge in [-0.25, -0.2) is 0 Å². The summed E-state index contributed by atoms with van der Waals surface area (Å²) in [5.74, 6) is -0.241. The molecule has 19 nitrogen and oxygen atoms in total. The van der Waals surface area contributed by atoms with E-state index in [1.165, 1.54) is 186 Å². The first kappa shape index (κ1) is 82.2. The Labute approximate surface area is 542 Å². The van der Waals surface area contributed by atoms with Crippen LogP contribution in [0.3, 0.4) is 0 Å². The van der Waals surface area contributed by atoms with Crippen molar-refractivity contribution in [3.63, 3.8) is 0 Å². The number of aliphatic hydroxyl groups is 11. The van der Waals surface area contributed by atoms with Crippen molar-refractivity contribution in [2.75, 3.05) is 26.4 Å². The highest BCUT2D eigenvalue weighted by molar-refractivity contribution is 5.76. The molecule has 17 unspecified atom stereocenters. The van der Waals surface area contributed by atoms with Crippen molar-refractivity contribution in [3.8, 4) is 0 Å². The van der Waals surface area contributed by atoms with Gasteiger partial charge in [-0.2, -0.15) is 0 Å². The highest BCUT2D eigenvalue weighted by atomic mass is 16.8. The normalized spacial score (nSPS) is 28.2. The van der Waals surface area contributed by atoms with Crippen molar-refractivity contribution in [2.24, 2.45) is 0 Å². The minimum absolute atomic E-state index is 0.241. The van der Waals surface area contributed by atoms with Gasteiger partial charge in [0.15, 0.2) is 18.9 Å². The number of ether oxygens (including phenoxy) is 6. The summed E-state index contributed by atoms with van der Waals surface area (Å²) in [7, 11) is 0. The summed E-state index contributed by atoms with van der Waals surface area (Å²) < 4.78 is 34.4. The fourth-order valence-corrected chi connectivity index (χ4v) is 12.3. The Balaban J connectivity index is 1.36. The van der Waals surface area contributed by atoms with E-state index in [-0.39, 0.29) is 18.9 Å². The van der Waals surface area contributed by atoms with Gasteiger partial charge in [0, 0.05) is 6.42 Å². The van der Waals surface area contributed by atoms with E-state index in [0.717, 1.165) is 57.8 Å². The van der Waals surface area contributed by atoms with E-state index in [9.17, 15) is 61.0 Å². The molecule has 3 rings (SSSR count). The Morgan fingerprint density at radius 2 is 0.733 bits per heavy atom. The Morgan fingerprint density at radius 1 is 0.400 bits per heavy atom. The van der Waals surface area contributed by atoms with Crippen LogP contribution in [0, 0.1) is 0 Å². The predicted octanol–water partition coefficient (Wildman–Crippen LogP) is 10.00. The molecule has 3 aliphatic heterocycles. The molecule has 0 aliphatic carbocycles. The predicted molar refractivity (Wildman–Crippen MR) is 351 cm³/mol. The van der Waals surface area contributed by atoms with E-state index in [1.54, 1.807) is 0 Å². The van der Waals surface area contributed by atoms with Crippen LogP contribution in [0.2, 0.25) is 0 Å². The van der Waals surface area contributed by atoms with Gasteiger partial charge in [0.2, 0.25) is 5.91 Å². The second kappa shape index (κ2) is 53.2. The molecule has 3 heterocycles. The van der Waals surface area contributed by atoms with Crippen molar-refractivity contribution in [1.82, 2.24) is 5.32 Å². The third kappa shape index (κ3) is 34.6. The summed E-state index contributed by atoms with van der Waals surface area (Å²) >= 11 is 0. The number of nitrogens with one attached hydrogen (secondary N) is 1. The van der Waals surface area contributed by atoms with Gasteiger partial charge in [0.05, 0.1) is 38.6 Å². The van der Waals surface area contributed by atoms with Gasteiger partial charge in [-0.05, 0) is 51.4 Å². The summed E-state index contributed by atoms with van der Waals surface area (Å²) in [4.78, 5) is 13.4. The highest BCUT2D eigenvalue weighted by Gasteiger charge is 2.53. The number of carbonyl (C=O) groups is 1. The molecule has 3 fully saturated rings. The van der Waals surface area contributed by atoms with Crippen molar-refractivity contribution in [2.45, 2.75) is 381 Å². The van der Waals surface area contributed by atoms with Gasteiger partial charge in [-0.15, -0.1) is 0 Å². The molecule has 0 bridgehead atoms. The molecule has 19 heteroatoms. The molecular formula is C71H131NO18. The summed E-state index contributed by atoms with van der Waals surface area (Å²) in [6.07, 6.45) is 35.2. The molecule has 528 valence electrons. The smallest absolute Gasteiger partial charge is 0.220 e. The lowest BCUT2D eigenvalue weighted by Gasteiger charge is -2.48. The number of hydrogen-bond acceptors (Lipinski definition) is 18. The van der Waals surface area contributed by atoms with Crippen LogP contribution < -0.4 is 5.32 Å². The quantitative estimate of drug-likeness (QED) is 0.0199. The van der Waals surface area contributed by atoms with E-state index in [2.05, 4.69) is 55.6 Å². The zero-order valence-electron chi connectivity index (χ0n) is 55.9. The monoisotopic (exact) mass is 1290 g/mol. The SMILES string of the molecule is CCCCCCC/C=C\C/C=C\C/C=C\CCCCCCCCCCCCCCCCCCC(=O)NC(COC1OC(CO)C(OC2OC(CO)C(OC3OC(CO)C(O)C(O)C3O)C(O)C2O)C(O)C1O)C(O)CCCCCCCCCCCCCCCC. The first-order valence-electron chi connectivity index (χ1n) is 36.2. The van der Waals surface area contributed by atoms with Crippen molar-refractivity contribution in [1.29, 1.82) is 0 Å². The van der Waals surface area contributed by atoms with Gasteiger partial charge in [0.1, 0.15) is 73.2 Å². The third-order valence-electron chi connectivity index (χ3n) is 18.2. The molecule has 3 aliphatic rings. The first-order chi connectivity index (χ1) is 43.8. The van der Waals surface area contributed by atoms with E-state index >= 15 is 0 Å². The summed E-state index contributed by atoms with van der Waals surface area (Å²) in [6, 6.07) is -0.886. The number of hydrogen-bond donors (Lipinski definition) is 12. The lowest BCUT2D eigenvalue weighted by atomic mass is 9.96. The van der Waals surface area contributed by atoms with Crippen LogP contribution in [-0.2, 0) is 33.2 Å². The number of allylic oxidation sites excluding steroid dienone is 6. The topological polar surface area (TPSA) is 307 Å². The maximum atomic E-state index is 13.4. The molecule has 0 aromatic carbocycles. The average Bonchev–Trinajstić information content (AvgIpc) is 0.908. The van der Waals surface area contributed by atoms with Gasteiger partial charge >= 0.3 is 0 Å². The van der Waals surface area contributed by atoms with Gasteiger partial charge in [-0.1, -0.05) is 256 Å².